The van der Waals surface area contributed by atoms with Gasteiger partial charge in [-0.15, -0.1) is 0 Å². The van der Waals surface area contributed by atoms with E-state index in [1.807, 2.05) is 30.3 Å². The summed E-state index contributed by atoms with van der Waals surface area (Å²) in [6, 6.07) is 14.2. The smallest absolute Gasteiger partial charge is 0.325 e. The first-order chi connectivity index (χ1) is 16.5. The molecule has 34 heavy (non-hydrogen) atoms. The Balaban J connectivity index is 1.38. The summed E-state index contributed by atoms with van der Waals surface area (Å²) in [5, 5.41) is 11.8. The normalized spacial score (nSPS) is 10.3. The highest BCUT2D eigenvalue weighted by Gasteiger charge is 2.10. The molecule has 3 rings (SSSR count). The second-order valence-corrected chi connectivity index (χ2v) is 7.79. The van der Waals surface area contributed by atoms with E-state index in [0.717, 1.165) is 11.4 Å². The molecule has 0 saturated heterocycles. The SMILES string of the molecule is Cc1cnc(NC(=O)Nc2cc(Cl)ccc2OCCCNC(=O)CCNc2ccccc2)cn1. The Morgan fingerprint density at radius 1 is 1.00 bits per heavy atom. The second-order valence-electron chi connectivity index (χ2n) is 7.36. The fourth-order valence-electron chi connectivity index (χ4n) is 2.90. The number of carbonyl (C=O) groups is 2. The number of para-hydroxylation sites is 1. The Morgan fingerprint density at radius 2 is 1.82 bits per heavy atom. The van der Waals surface area contributed by atoms with Gasteiger partial charge in [0.05, 0.1) is 30.4 Å². The van der Waals surface area contributed by atoms with Gasteiger partial charge in [-0.1, -0.05) is 29.8 Å². The van der Waals surface area contributed by atoms with Crippen LogP contribution in [0.3, 0.4) is 0 Å². The zero-order valence-corrected chi connectivity index (χ0v) is 19.6. The van der Waals surface area contributed by atoms with Gasteiger partial charge in [-0.25, -0.2) is 9.78 Å². The lowest BCUT2D eigenvalue weighted by Gasteiger charge is -2.14. The number of benzene rings is 2. The van der Waals surface area contributed by atoms with Gasteiger partial charge in [0.2, 0.25) is 5.91 Å². The average molecular weight is 483 g/mol. The molecule has 0 aliphatic carbocycles. The molecule has 1 aromatic heterocycles. The summed E-state index contributed by atoms with van der Waals surface area (Å²) in [6.45, 7) is 3.19. The predicted molar refractivity (Wildman–Crippen MR) is 134 cm³/mol. The lowest BCUT2D eigenvalue weighted by molar-refractivity contribution is -0.120. The van der Waals surface area contributed by atoms with Crippen LogP contribution in [-0.2, 0) is 4.79 Å². The molecule has 1 heterocycles. The van der Waals surface area contributed by atoms with Crippen LogP contribution in [0.5, 0.6) is 5.75 Å². The largest absolute Gasteiger partial charge is 0.491 e. The molecule has 0 radical (unpaired) electrons. The van der Waals surface area contributed by atoms with Crippen LogP contribution in [-0.4, -0.2) is 41.6 Å². The molecule has 0 fully saturated rings. The first-order valence-corrected chi connectivity index (χ1v) is 11.2. The van der Waals surface area contributed by atoms with Crippen molar-refractivity contribution >= 4 is 40.7 Å². The molecule has 4 N–H and O–H groups in total. The summed E-state index contributed by atoms with van der Waals surface area (Å²) in [5.74, 6) is 0.753. The monoisotopic (exact) mass is 482 g/mol. The third kappa shape index (κ3) is 8.59. The van der Waals surface area contributed by atoms with E-state index in [2.05, 4.69) is 31.2 Å². The van der Waals surface area contributed by atoms with Crippen LogP contribution in [0.25, 0.3) is 0 Å². The first-order valence-electron chi connectivity index (χ1n) is 10.8. The van der Waals surface area contributed by atoms with Crippen LogP contribution in [0.1, 0.15) is 18.5 Å². The zero-order chi connectivity index (χ0) is 24.2. The number of urea groups is 1. The van der Waals surface area contributed by atoms with E-state index < -0.39 is 6.03 Å². The third-order valence-corrected chi connectivity index (χ3v) is 4.80. The number of anilines is 3. The summed E-state index contributed by atoms with van der Waals surface area (Å²) in [6.07, 6.45) is 4.00. The van der Waals surface area contributed by atoms with Gasteiger partial charge >= 0.3 is 6.03 Å². The molecular formula is C24H27ClN6O3. The van der Waals surface area contributed by atoms with Gasteiger partial charge in [0.1, 0.15) is 5.75 Å². The van der Waals surface area contributed by atoms with E-state index in [1.165, 1.54) is 6.20 Å². The van der Waals surface area contributed by atoms with Crippen molar-refractivity contribution in [2.45, 2.75) is 19.8 Å². The quantitative estimate of drug-likeness (QED) is 0.299. The fourth-order valence-corrected chi connectivity index (χ4v) is 3.07. The van der Waals surface area contributed by atoms with Gasteiger partial charge in [-0.05, 0) is 43.7 Å². The van der Waals surface area contributed by atoms with Gasteiger partial charge in [0.25, 0.3) is 0 Å². The Labute approximate surface area is 203 Å². The van der Waals surface area contributed by atoms with Crippen molar-refractivity contribution in [3.63, 3.8) is 0 Å². The summed E-state index contributed by atoms with van der Waals surface area (Å²) in [4.78, 5) is 32.5. The molecule has 0 bridgehead atoms. The summed E-state index contributed by atoms with van der Waals surface area (Å²) < 4.78 is 5.79. The molecule has 0 aliphatic heterocycles. The van der Waals surface area contributed by atoms with Crippen LogP contribution >= 0.6 is 11.6 Å². The van der Waals surface area contributed by atoms with Crippen LogP contribution in [0.2, 0.25) is 5.02 Å². The molecule has 3 amide bonds. The minimum absolute atomic E-state index is 0.0341. The van der Waals surface area contributed by atoms with E-state index in [0.29, 0.717) is 54.8 Å². The topological polar surface area (TPSA) is 117 Å². The van der Waals surface area contributed by atoms with Crippen molar-refractivity contribution in [2.75, 3.05) is 35.6 Å². The number of nitrogens with one attached hydrogen (secondary N) is 4. The van der Waals surface area contributed by atoms with Crippen molar-refractivity contribution < 1.29 is 14.3 Å². The average Bonchev–Trinajstić information content (AvgIpc) is 2.82. The van der Waals surface area contributed by atoms with Crippen molar-refractivity contribution in [3.05, 3.63) is 71.6 Å². The van der Waals surface area contributed by atoms with Gasteiger partial charge in [-0.2, -0.15) is 0 Å². The Bertz CT molecular complexity index is 1080. The maximum absolute atomic E-state index is 12.3. The lowest BCUT2D eigenvalue weighted by atomic mass is 10.3. The van der Waals surface area contributed by atoms with Gasteiger partial charge < -0.3 is 20.7 Å². The van der Waals surface area contributed by atoms with Gasteiger partial charge in [0.15, 0.2) is 5.82 Å². The number of hydrogen-bond acceptors (Lipinski definition) is 6. The van der Waals surface area contributed by atoms with E-state index in [4.69, 9.17) is 16.3 Å². The Kier molecular flexibility index (Phi) is 9.48. The van der Waals surface area contributed by atoms with Gasteiger partial charge in [0, 0.05) is 30.2 Å². The molecule has 2 aromatic carbocycles. The van der Waals surface area contributed by atoms with Crippen LogP contribution < -0.4 is 26.0 Å². The molecule has 0 atom stereocenters. The van der Waals surface area contributed by atoms with Crippen LogP contribution in [0.15, 0.2) is 60.9 Å². The number of hydrogen-bond donors (Lipinski definition) is 4. The lowest BCUT2D eigenvalue weighted by Crippen LogP contribution is -2.27. The number of halogens is 1. The standard InChI is InChI=1S/C24H27ClN6O3/c1-17-15-29-22(16-28-17)31-24(33)30-20-14-18(25)8-9-21(20)34-13-5-11-27-23(32)10-12-26-19-6-3-2-4-7-19/h2-4,6-9,14-16,26H,5,10-13H2,1H3,(H,27,32)(H2,29,30,31,33). The molecule has 3 aromatic rings. The van der Waals surface area contributed by atoms with E-state index in [9.17, 15) is 9.59 Å². The predicted octanol–water partition coefficient (Wildman–Crippen LogP) is 4.47. The minimum Gasteiger partial charge on any atom is -0.491 e. The number of aryl methyl sites for hydroxylation is 1. The van der Waals surface area contributed by atoms with E-state index >= 15 is 0 Å². The Hall–Kier alpha value is -3.85. The summed E-state index contributed by atoms with van der Waals surface area (Å²) in [5.41, 5.74) is 2.15. The molecule has 9 nitrogen and oxygen atoms in total. The highest BCUT2D eigenvalue weighted by Crippen LogP contribution is 2.28. The van der Waals surface area contributed by atoms with Crippen LogP contribution in [0.4, 0.5) is 22.0 Å². The minimum atomic E-state index is -0.498. The summed E-state index contributed by atoms with van der Waals surface area (Å²) >= 11 is 6.08. The number of carbonyl (C=O) groups excluding carboxylic acids is 2. The number of nitrogens with zero attached hydrogens (tertiary/aromatic N) is 2. The van der Waals surface area contributed by atoms with E-state index in [-0.39, 0.29) is 5.91 Å². The second kappa shape index (κ2) is 13.0. The van der Waals surface area contributed by atoms with Crippen molar-refractivity contribution in [3.8, 4) is 5.75 Å². The number of amides is 3. The first kappa shape index (κ1) is 24.8. The molecule has 0 spiro atoms. The molecule has 0 aliphatic rings. The number of ether oxygens (including phenoxy) is 1. The zero-order valence-electron chi connectivity index (χ0n) is 18.8. The molecule has 178 valence electrons. The molecular weight excluding hydrogens is 456 g/mol. The maximum Gasteiger partial charge on any atom is 0.325 e. The Morgan fingerprint density at radius 3 is 2.59 bits per heavy atom. The fraction of sp³-hybridized carbons (Fsp3) is 0.250. The van der Waals surface area contributed by atoms with Crippen LogP contribution in [0, 0.1) is 6.92 Å². The van der Waals surface area contributed by atoms with Crippen molar-refractivity contribution in [1.29, 1.82) is 0 Å². The van der Waals surface area contributed by atoms with Gasteiger partial charge in [-0.3, -0.25) is 15.1 Å². The highest BCUT2D eigenvalue weighted by molar-refractivity contribution is 6.31. The highest BCUT2D eigenvalue weighted by atomic mass is 35.5. The van der Waals surface area contributed by atoms with E-state index in [1.54, 1.807) is 31.3 Å². The third-order valence-electron chi connectivity index (χ3n) is 4.57. The maximum atomic E-state index is 12.3. The molecule has 10 heteroatoms. The molecule has 0 unspecified atom stereocenters. The molecule has 0 saturated carbocycles. The van der Waals surface area contributed by atoms with Crippen molar-refractivity contribution in [1.82, 2.24) is 15.3 Å². The summed E-state index contributed by atoms with van der Waals surface area (Å²) in [7, 11) is 0. The number of aromatic nitrogens is 2. The van der Waals surface area contributed by atoms with Crippen molar-refractivity contribution in [2.24, 2.45) is 0 Å². The number of rotatable bonds is 11.